The Balaban J connectivity index is 3.15. The molecule has 9 heavy (non-hydrogen) atoms. The zero-order valence-electron chi connectivity index (χ0n) is 4.97. The summed E-state index contributed by atoms with van der Waals surface area (Å²) in [5, 5.41) is 0.507. The summed E-state index contributed by atoms with van der Waals surface area (Å²) < 4.78 is 1.74. The number of aldehydes is 1. The number of aryl methyl sites for hydroxylation is 1. The Labute approximate surface area is 58.0 Å². The number of halogens is 1. The summed E-state index contributed by atoms with van der Waals surface area (Å²) in [5.41, 5.74) is 0.541. The zero-order valence-corrected chi connectivity index (χ0v) is 5.72. The molecule has 0 fully saturated rings. The van der Waals surface area contributed by atoms with Crippen molar-refractivity contribution in [2.75, 3.05) is 0 Å². The molecule has 1 aromatic rings. The van der Waals surface area contributed by atoms with E-state index in [0.717, 1.165) is 6.29 Å². The summed E-state index contributed by atoms with van der Waals surface area (Å²) in [6.07, 6.45) is 4.10. The van der Waals surface area contributed by atoms with Crippen molar-refractivity contribution in [2.45, 2.75) is 0 Å². The van der Waals surface area contributed by atoms with Gasteiger partial charge in [-0.2, -0.15) is 0 Å². The second-order valence-corrected chi connectivity index (χ2v) is 2.25. The first-order chi connectivity index (χ1) is 4.24. The third-order valence-electron chi connectivity index (χ3n) is 1.06. The van der Waals surface area contributed by atoms with E-state index in [1.54, 1.807) is 17.0 Å². The molecule has 1 aromatic heterocycles. The highest BCUT2D eigenvalue weighted by Crippen LogP contribution is 2.12. The Morgan fingerprint density at radius 2 is 2.33 bits per heavy atom. The molecule has 0 N–H and O–H groups in total. The monoisotopic (exact) mass is 143 g/mol. The van der Waals surface area contributed by atoms with Crippen LogP contribution >= 0.6 is 11.6 Å². The predicted molar refractivity (Wildman–Crippen MR) is 35.8 cm³/mol. The molecule has 0 atom stereocenters. The van der Waals surface area contributed by atoms with Gasteiger partial charge < -0.3 is 4.57 Å². The standard InChI is InChI=1S/C6H6ClNO/c1-8-2-5(4-9)6(7)3-8/h2-4H,1H3. The highest BCUT2D eigenvalue weighted by Gasteiger charge is 1.98. The molecule has 0 radical (unpaired) electrons. The van der Waals surface area contributed by atoms with Crippen molar-refractivity contribution in [3.8, 4) is 0 Å². The van der Waals surface area contributed by atoms with Crippen molar-refractivity contribution >= 4 is 17.9 Å². The first kappa shape index (κ1) is 6.36. The van der Waals surface area contributed by atoms with Gasteiger partial charge in [0.25, 0.3) is 0 Å². The van der Waals surface area contributed by atoms with Crippen LogP contribution in [0.4, 0.5) is 0 Å². The summed E-state index contributed by atoms with van der Waals surface area (Å²) in [5.74, 6) is 0. The van der Waals surface area contributed by atoms with Gasteiger partial charge in [0.1, 0.15) is 0 Å². The van der Waals surface area contributed by atoms with E-state index in [4.69, 9.17) is 11.6 Å². The molecular weight excluding hydrogens is 138 g/mol. The average Bonchev–Trinajstić information content (AvgIpc) is 2.10. The summed E-state index contributed by atoms with van der Waals surface area (Å²) in [4.78, 5) is 10.1. The summed E-state index contributed by atoms with van der Waals surface area (Å²) in [7, 11) is 1.82. The average molecular weight is 144 g/mol. The lowest BCUT2D eigenvalue weighted by molar-refractivity contribution is 0.112. The molecule has 0 aliphatic carbocycles. The van der Waals surface area contributed by atoms with Gasteiger partial charge in [-0.25, -0.2) is 0 Å². The summed E-state index contributed by atoms with van der Waals surface area (Å²) in [6, 6.07) is 0. The summed E-state index contributed by atoms with van der Waals surface area (Å²) >= 11 is 5.59. The van der Waals surface area contributed by atoms with Crippen LogP contribution in [0.1, 0.15) is 10.4 Å². The maximum absolute atomic E-state index is 10.1. The largest absolute Gasteiger partial charge is 0.355 e. The SMILES string of the molecule is Cn1cc(Cl)c(C=O)c1. The maximum atomic E-state index is 10.1. The number of aromatic nitrogens is 1. The molecule has 0 saturated carbocycles. The van der Waals surface area contributed by atoms with Gasteiger partial charge in [-0.15, -0.1) is 0 Å². The topological polar surface area (TPSA) is 22.0 Å². The lowest BCUT2D eigenvalue weighted by atomic mass is 10.4. The molecule has 0 aliphatic rings. The lowest BCUT2D eigenvalue weighted by Crippen LogP contribution is -1.78. The molecule has 1 rings (SSSR count). The van der Waals surface area contributed by atoms with E-state index in [1.807, 2.05) is 7.05 Å². The van der Waals surface area contributed by atoms with Crippen LogP contribution in [0.25, 0.3) is 0 Å². The van der Waals surface area contributed by atoms with Gasteiger partial charge in [-0.05, 0) is 0 Å². The fraction of sp³-hybridized carbons (Fsp3) is 0.167. The first-order valence-electron chi connectivity index (χ1n) is 2.50. The van der Waals surface area contributed by atoms with Crippen molar-refractivity contribution in [1.29, 1.82) is 0 Å². The van der Waals surface area contributed by atoms with Crippen LogP contribution in [0.2, 0.25) is 5.02 Å². The number of carbonyl (C=O) groups is 1. The molecule has 0 unspecified atom stereocenters. The van der Waals surface area contributed by atoms with E-state index in [2.05, 4.69) is 0 Å². The van der Waals surface area contributed by atoms with Crippen molar-refractivity contribution < 1.29 is 4.79 Å². The van der Waals surface area contributed by atoms with E-state index in [0.29, 0.717) is 10.6 Å². The predicted octanol–water partition coefficient (Wildman–Crippen LogP) is 1.49. The molecule has 0 aliphatic heterocycles. The van der Waals surface area contributed by atoms with E-state index < -0.39 is 0 Å². The van der Waals surface area contributed by atoms with Crippen LogP contribution < -0.4 is 0 Å². The van der Waals surface area contributed by atoms with Gasteiger partial charge in [-0.3, -0.25) is 4.79 Å². The smallest absolute Gasteiger partial charge is 0.153 e. The Kier molecular flexibility index (Phi) is 1.58. The van der Waals surface area contributed by atoms with E-state index >= 15 is 0 Å². The van der Waals surface area contributed by atoms with Crippen molar-refractivity contribution in [2.24, 2.45) is 7.05 Å². The third kappa shape index (κ3) is 1.13. The minimum atomic E-state index is 0.507. The fourth-order valence-electron chi connectivity index (χ4n) is 0.658. The van der Waals surface area contributed by atoms with E-state index in [-0.39, 0.29) is 0 Å². The molecule has 0 saturated heterocycles. The zero-order chi connectivity index (χ0) is 6.85. The van der Waals surface area contributed by atoms with Crippen molar-refractivity contribution in [1.82, 2.24) is 4.57 Å². The fourth-order valence-corrected chi connectivity index (χ4v) is 0.906. The van der Waals surface area contributed by atoms with Gasteiger partial charge in [0.2, 0.25) is 0 Å². The third-order valence-corrected chi connectivity index (χ3v) is 1.38. The Bertz CT molecular complexity index is 229. The first-order valence-corrected chi connectivity index (χ1v) is 2.88. The molecule has 3 heteroatoms. The second kappa shape index (κ2) is 2.23. The van der Waals surface area contributed by atoms with Crippen molar-refractivity contribution in [3.63, 3.8) is 0 Å². The molecule has 0 amide bonds. The number of carbonyl (C=O) groups excluding carboxylic acids is 1. The number of hydrogen-bond donors (Lipinski definition) is 0. The van der Waals surface area contributed by atoms with Crippen LogP contribution in [0.5, 0.6) is 0 Å². The molecule has 48 valence electrons. The van der Waals surface area contributed by atoms with E-state index in [9.17, 15) is 4.79 Å². The van der Waals surface area contributed by atoms with Crippen LogP contribution in [0.15, 0.2) is 12.4 Å². The van der Waals surface area contributed by atoms with Gasteiger partial charge in [-0.1, -0.05) is 11.6 Å². The lowest BCUT2D eigenvalue weighted by Gasteiger charge is -1.80. The Morgan fingerprint density at radius 1 is 1.67 bits per heavy atom. The van der Waals surface area contributed by atoms with Gasteiger partial charge in [0.05, 0.1) is 10.6 Å². The second-order valence-electron chi connectivity index (χ2n) is 1.84. The number of hydrogen-bond acceptors (Lipinski definition) is 1. The van der Waals surface area contributed by atoms with Crippen molar-refractivity contribution in [3.05, 3.63) is 23.0 Å². The molecule has 2 nitrogen and oxygen atoms in total. The minimum absolute atomic E-state index is 0.507. The van der Waals surface area contributed by atoms with E-state index in [1.165, 1.54) is 0 Å². The Hall–Kier alpha value is -0.760. The molecule has 0 aromatic carbocycles. The van der Waals surface area contributed by atoms with Crippen LogP contribution in [0.3, 0.4) is 0 Å². The van der Waals surface area contributed by atoms with Crippen LogP contribution in [-0.2, 0) is 7.05 Å². The molecule has 1 heterocycles. The maximum Gasteiger partial charge on any atom is 0.153 e. The normalized spacial score (nSPS) is 9.56. The van der Waals surface area contributed by atoms with Gasteiger partial charge in [0, 0.05) is 19.4 Å². The quantitative estimate of drug-likeness (QED) is 0.546. The molecular formula is C6H6ClNO. The number of rotatable bonds is 1. The highest BCUT2D eigenvalue weighted by atomic mass is 35.5. The van der Waals surface area contributed by atoms with Gasteiger partial charge >= 0.3 is 0 Å². The van der Waals surface area contributed by atoms with Crippen LogP contribution in [0, 0.1) is 0 Å². The molecule has 0 bridgehead atoms. The highest BCUT2D eigenvalue weighted by molar-refractivity contribution is 6.32. The molecule has 0 spiro atoms. The number of nitrogens with zero attached hydrogens (tertiary/aromatic N) is 1. The summed E-state index contributed by atoms with van der Waals surface area (Å²) in [6.45, 7) is 0. The minimum Gasteiger partial charge on any atom is -0.355 e. The van der Waals surface area contributed by atoms with Gasteiger partial charge in [0.15, 0.2) is 6.29 Å². The Morgan fingerprint density at radius 3 is 2.56 bits per heavy atom. The van der Waals surface area contributed by atoms with Crippen LogP contribution in [-0.4, -0.2) is 10.9 Å².